The van der Waals surface area contributed by atoms with Crippen molar-refractivity contribution in [2.45, 2.75) is 37.4 Å². The van der Waals surface area contributed by atoms with Gasteiger partial charge in [0.1, 0.15) is 30.6 Å². The van der Waals surface area contributed by atoms with Gasteiger partial charge in [-0.25, -0.2) is 19.5 Å². The van der Waals surface area contributed by atoms with Gasteiger partial charge >= 0.3 is 7.52 Å². The van der Waals surface area contributed by atoms with E-state index in [0.29, 0.717) is 11.3 Å². The topological polar surface area (TPSA) is 187 Å². The van der Waals surface area contributed by atoms with Crippen LogP contribution in [0.4, 0.5) is 5.82 Å². The Kier molecular flexibility index (Phi) is 5.58. The summed E-state index contributed by atoms with van der Waals surface area (Å²) in [6.45, 7) is 1.61. The molecule has 13 nitrogen and oxygen atoms in total. The van der Waals surface area contributed by atoms with Crippen LogP contribution in [-0.4, -0.2) is 71.2 Å². The van der Waals surface area contributed by atoms with E-state index in [-0.39, 0.29) is 22.7 Å². The molecule has 4 heterocycles. The van der Waals surface area contributed by atoms with E-state index in [4.69, 9.17) is 19.8 Å². The monoisotopic (exact) mass is 488 g/mol. The van der Waals surface area contributed by atoms with Crippen LogP contribution in [-0.2, 0) is 13.8 Å². The zero-order valence-electron chi connectivity index (χ0n) is 17.7. The van der Waals surface area contributed by atoms with Crippen LogP contribution in [0.5, 0.6) is 0 Å². The quantitative estimate of drug-likeness (QED) is 0.362. The molecular formula is C20H21N6O7P. The van der Waals surface area contributed by atoms with Gasteiger partial charge in [0.05, 0.1) is 0 Å². The number of allylic oxidation sites excluding steroid dienone is 1. The maximum atomic E-state index is 13.5. The Balaban J connectivity index is 1.38. The van der Waals surface area contributed by atoms with Crippen LogP contribution < -0.4 is 10.6 Å². The van der Waals surface area contributed by atoms with Crippen molar-refractivity contribution >= 4 is 36.0 Å². The number of hydrogen-bond acceptors (Lipinski definition) is 11. The summed E-state index contributed by atoms with van der Waals surface area (Å²) in [5.41, 5.74) is 7.28. The molecule has 0 aliphatic carbocycles. The van der Waals surface area contributed by atoms with Crippen molar-refractivity contribution in [1.82, 2.24) is 19.7 Å². The third-order valence-corrected chi connectivity index (χ3v) is 7.39. The summed E-state index contributed by atoms with van der Waals surface area (Å²) in [6.07, 6.45) is -2.21. The second kappa shape index (κ2) is 8.46. The summed E-state index contributed by atoms with van der Waals surface area (Å²) in [7, 11) is -4.17. The van der Waals surface area contributed by atoms with Gasteiger partial charge in [0.15, 0.2) is 29.1 Å². The third-order valence-electron chi connectivity index (χ3n) is 5.38. The first-order valence-electron chi connectivity index (χ1n) is 10.2. The van der Waals surface area contributed by atoms with Gasteiger partial charge in [-0.15, -0.1) is 0 Å². The van der Waals surface area contributed by atoms with Gasteiger partial charge in [-0.3, -0.25) is 0 Å². The number of anilines is 1. The molecule has 34 heavy (non-hydrogen) atoms. The summed E-state index contributed by atoms with van der Waals surface area (Å²) >= 11 is 0. The zero-order chi connectivity index (χ0) is 24.0. The fourth-order valence-electron chi connectivity index (χ4n) is 3.76. The fraction of sp³-hybridized carbons (Fsp3) is 0.300. The number of nitrogens with zero attached hydrogens (tertiary/aromatic N) is 5. The van der Waals surface area contributed by atoms with E-state index < -0.39 is 38.0 Å². The molecule has 1 saturated heterocycles. The molecule has 2 aromatic heterocycles. The Morgan fingerprint density at radius 1 is 1.21 bits per heavy atom. The van der Waals surface area contributed by atoms with Crippen molar-refractivity contribution in [1.29, 1.82) is 0 Å². The first kappa shape index (κ1) is 22.4. The smallest absolute Gasteiger partial charge is 0.392 e. The first-order chi connectivity index (χ1) is 16.3. The summed E-state index contributed by atoms with van der Waals surface area (Å²) in [5, 5.41) is 32.1. The lowest BCUT2D eigenvalue weighted by atomic mass is 10.1. The fourth-order valence-corrected chi connectivity index (χ4v) is 5.59. The number of imidazole rings is 1. The van der Waals surface area contributed by atoms with E-state index in [1.165, 1.54) is 12.7 Å². The number of ether oxygens (including phenoxy) is 1. The van der Waals surface area contributed by atoms with E-state index in [0.717, 1.165) is 4.73 Å². The number of aliphatic hydroxyl groups is 3. The lowest BCUT2D eigenvalue weighted by Crippen LogP contribution is -2.44. The van der Waals surface area contributed by atoms with Crippen molar-refractivity contribution in [3.8, 4) is 0 Å². The highest BCUT2D eigenvalue weighted by atomic mass is 31.2. The number of benzene rings is 1. The molecule has 2 aliphatic rings. The van der Waals surface area contributed by atoms with Gasteiger partial charge < -0.3 is 35.2 Å². The molecule has 2 unspecified atom stereocenters. The molecule has 0 bridgehead atoms. The maximum absolute atomic E-state index is 13.5. The summed E-state index contributed by atoms with van der Waals surface area (Å²) < 4.78 is 29.6. The summed E-state index contributed by atoms with van der Waals surface area (Å²) in [6, 6.07) is 8.88. The molecule has 0 radical (unpaired) electrons. The number of aromatic nitrogens is 4. The molecule has 178 valence electrons. The van der Waals surface area contributed by atoms with Crippen LogP contribution in [0.2, 0.25) is 0 Å². The van der Waals surface area contributed by atoms with Gasteiger partial charge in [0, 0.05) is 17.4 Å². The Morgan fingerprint density at radius 2 is 1.97 bits per heavy atom. The van der Waals surface area contributed by atoms with E-state index in [1.807, 2.05) is 6.07 Å². The Labute approximate surface area is 192 Å². The van der Waals surface area contributed by atoms with Gasteiger partial charge in [0.2, 0.25) is 6.10 Å². The number of rotatable bonds is 5. The molecule has 2 aliphatic heterocycles. The largest absolute Gasteiger partial charge is 0.425 e. The van der Waals surface area contributed by atoms with Crippen LogP contribution in [0.25, 0.3) is 16.9 Å². The Morgan fingerprint density at radius 3 is 2.74 bits per heavy atom. The van der Waals surface area contributed by atoms with Crippen LogP contribution in [0.1, 0.15) is 12.5 Å². The first-order valence-corrected chi connectivity index (χ1v) is 11.8. The molecular weight excluding hydrogens is 467 g/mol. The average molecular weight is 488 g/mol. The van der Waals surface area contributed by atoms with Crippen molar-refractivity contribution in [2.24, 2.45) is 4.76 Å². The second-order valence-electron chi connectivity index (χ2n) is 7.74. The number of hydrogen-bond donors (Lipinski definition) is 4. The molecule has 1 fully saturated rings. The van der Waals surface area contributed by atoms with Gasteiger partial charge in [-0.2, -0.15) is 9.49 Å². The highest BCUT2D eigenvalue weighted by Crippen LogP contribution is 2.59. The Bertz CT molecular complexity index is 1330. The van der Waals surface area contributed by atoms with E-state index in [1.54, 1.807) is 37.3 Å². The summed E-state index contributed by atoms with van der Waals surface area (Å²) in [4.78, 5) is 17.5. The van der Waals surface area contributed by atoms with Crippen LogP contribution >= 0.6 is 7.52 Å². The van der Waals surface area contributed by atoms with Crippen LogP contribution in [0, 0.1) is 0 Å². The molecule has 3 aromatic rings. The highest BCUT2D eigenvalue weighted by molar-refractivity contribution is 7.58. The van der Waals surface area contributed by atoms with E-state index >= 15 is 0 Å². The number of nitrogen functional groups attached to an aromatic ring is 1. The van der Waals surface area contributed by atoms with Crippen LogP contribution in [0.3, 0.4) is 0 Å². The predicted molar refractivity (Wildman–Crippen MR) is 119 cm³/mol. The minimum absolute atomic E-state index is 0.0621. The highest BCUT2D eigenvalue weighted by Gasteiger charge is 2.55. The number of aliphatic hydroxyl groups excluding tert-OH is 3. The molecule has 0 spiro atoms. The third kappa shape index (κ3) is 3.83. The molecule has 0 amide bonds. The van der Waals surface area contributed by atoms with Crippen molar-refractivity contribution < 1.29 is 34.0 Å². The molecule has 5 N–H and O–H groups in total. The summed E-state index contributed by atoms with van der Waals surface area (Å²) in [5.74, 6) is -1.59. The predicted octanol–water partition coefficient (Wildman–Crippen LogP) is 0.327. The minimum Gasteiger partial charge on any atom is -0.425 e. The van der Waals surface area contributed by atoms with Crippen molar-refractivity contribution in [3.63, 3.8) is 0 Å². The molecule has 1 aromatic carbocycles. The van der Waals surface area contributed by atoms with E-state index in [9.17, 15) is 19.9 Å². The van der Waals surface area contributed by atoms with Crippen molar-refractivity contribution in [3.05, 3.63) is 54.6 Å². The molecule has 6 atom stereocenters. The van der Waals surface area contributed by atoms with Crippen molar-refractivity contribution in [2.75, 3.05) is 5.73 Å². The number of nitrogens with two attached hydrogens (primary N) is 1. The normalized spacial score (nSPS) is 29.9. The van der Waals surface area contributed by atoms with Crippen LogP contribution in [0.15, 0.2) is 53.8 Å². The average Bonchev–Trinajstić information content (AvgIpc) is 3.35. The molecule has 5 rings (SSSR count). The number of fused-ring (bicyclic) bond motifs is 1. The minimum atomic E-state index is -4.17. The zero-order valence-corrected chi connectivity index (χ0v) is 18.6. The van der Waals surface area contributed by atoms with Gasteiger partial charge in [-0.05, 0) is 6.92 Å². The second-order valence-corrected chi connectivity index (χ2v) is 9.78. The van der Waals surface area contributed by atoms with Gasteiger partial charge in [-0.1, -0.05) is 30.3 Å². The SMILES string of the molecule is CC1=NP(=O)(C(O)[C@H]2O[C@@H](O)[C@@H](On3cnc4ncnc(N)c43)[C@@H]2O)OC(c2ccccc2)=C1. The van der Waals surface area contributed by atoms with E-state index in [2.05, 4.69) is 19.7 Å². The lowest BCUT2D eigenvalue weighted by molar-refractivity contribution is -0.150. The Hall–Kier alpha value is -3.35. The standard InChI is InChI=1S/C20H21N6O7P/c1-10-7-12(11-5-3-2-4-6-11)33-34(30,25-10)20(29)16-14(27)15(19(28)31-16)32-26-9-24-18-13(26)17(21)22-8-23-18/h2-9,14-16,19-20,27-29H,1H3,(H2,21,22,23)/t14-,15-,16-,19+,20?,34?/m0/s1. The maximum Gasteiger partial charge on any atom is 0.392 e. The lowest BCUT2D eigenvalue weighted by Gasteiger charge is -2.29. The van der Waals surface area contributed by atoms with Gasteiger partial charge in [0.25, 0.3) is 0 Å². The molecule has 14 heteroatoms. The molecule has 0 saturated carbocycles.